The average Bonchev–Trinajstić information content (AvgIpc) is 3.29. The summed E-state index contributed by atoms with van der Waals surface area (Å²) in [5, 5.41) is 0. The van der Waals surface area contributed by atoms with Gasteiger partial charge in [0.15, 0.2) is 5.78 Å². The molecule has 114 valence electrons. The van der Waals surface area contributed by atoms with Gasteiger partial charge in [0.05, 0.1) is 6.33 Å². The van der Waals surface area contributed by atoms with Gasteiger partial charge in [0.2, 0.25) is 0 Å². The standard InChI is InChI=1S/C18H21N3O/c22-18(14-1-2-14)15-3-5-16(6-4-15)21-9-7-13(8-10-21)17-11-19-12-20-17/h3-6,11-14H,1-2,7-10H2,(H,19,20). The lowest BCUT2D eigenvalue weighted by atomic mass is 9.93. The van der Waals surface area contributed by atoms with Crippen LogP contribution in [0.5, 0.6) is 0 Å². The van der Waals surface area contributed by atoms with Crippen molar-refractivity contribution in [3.63, 3.8) is 0 Å². The average molecular weight is 295 g/mol. The van der Waals surface area contributed by atoms with E-state index in [0.29, 0.717) is 17.6 Å². The van der Waals surface area contributed by atoms with Gasteiger partial charge in [0.1, 0.15) is 0 Å². The van der Waals surface area contributed by atoms with Crippen molar-refractivity contribution in [3.8, 4) is 0 Å². The van der Waals surface area contributed by atoms with E-state index in [2.05, 4.69) is 27.0 Å². The second-order valence-electron chi connectivity index (χ2n) is 6.45. The molecule has 1 saturated carbocycles. The zero-order chi connectivity index (χ0) is 14.9. The number of piperidine rings is 1. The number of nitrogens with one attached hydrogen (secondary N) is 1. The molecule has 4 nitrogen and oxygen atoms in total. The van der Waals surface area contributed by atoms with Crippen molar-refractivity contribution in [2.45, 2.75) is 31.6 Å². The van der Waals surface area contributed by atoms with E-state index < -0.39 is 0 Å². The van der Waals surface area contributed by atoms with Gasteiger partial charge in [-0.15, -0.1) is 0 Å². The van der Waals surface area contributed by atoms with Gasteiger partial charge in [0.25, 0.3) is 0 Å². The number of Topliss-reactive ketones (excluding diaryl/α,β-unsaturated/α-hetero) is 1. The van der Waals surface area contributed by atoms with Crippen LogP contribution in [0.15, 0.2) is 36.8 Å². The van der Waals surface area contributed by atoms with Crippen molar-refractivity contribution < 1.29 is 4.79 Å². The number of carbonyl (C=O) groups is 1. The highest BCUT2D eigenvalue weighted by molar-refractivity contribution is 5.99. The van der Waals surface area contributed by atoms with Gasteiger partial charge in [-0.05, 0) is 49.9 Å². The molecule has 2 aromatic rings. The zero-order valence-electron chi connectivity index (χ0n) is 12.7. The molecule has 1 aromatic heterocycles. The van der Waals surface area contributed by atoms with Crippen molar-refractivity contribution >= 4 is 11.5 Å². The lowest BCUT2D eigenvalue weighted by Crippen LogP contribution is -2.32. The Labute approximate surface area is 130 Å². The van der Waals surface area contributed by atoms with Gasteiger partial charge in [-0.1, -0.05) is 0 Å². The summed E-state index contributed by atoms with van der Waals surface area (Å²) in [6, 6.07) is 8.20. The molecule has 0 amide bonds. The molecule has 1 N–H and O–H groups in total. The quantitative estimate of drug-likeness (QED) is 0.880. The van der Waals surface area contributed by atoms with Gasteiger partial charge in [-0.3, -0.25) is 4.79 Å². The fraction of sp³-hybridized carbons (Fsp3) is 0.444. The number of imidazole rings is 1. The molecule has 0 unspecified atom stereocenters. The molecule has 2 aliphatic rings. The first-order valence-corrected chi connectivity index (χ1v) is 8.19. The van der Waals surface area contributed by atoms with Crippen LogP contribution in [-0.4, -0.2) is 28.8 Å². The first kappa shape index (κ1) is 13.6. The second kappa shape index (κ2) is 5.59. The molecule has 1 aromatic carbocycles. The third kappa shape index (κ3) is 2.65. The van der Waals surface area contributed by atoms with Crippen LogP contribution >= 0.6 is 0 Å². The fourth-order valence-corrected chi connectivity index (χ4v) is 3.36. The number of aromatic nitrogens is 2. The number of anilines is 1. The van der Waals surface area contributed by atoms with E-state index in [-0.39, 0.29) is 0 Å². The molecule has 2 heterocycles. The minimum absolute atomic E-state index is 0.302. The van der Waals surface area contributed by atoms with Crippen LogP contribution in [-0.2, 0) is 0 Å². The van der Waals surface area contributed by atoms with Crippen molar-refractivity contribution in [2.75, 3.05) is 18.0 Å². The van der Waals surface area contributed by atoms with Gasteiger partial charge < -0.3 is 9.88 Å². The normalized spacial score (nSPS) is 19.4. The Bertz CT molecular complexity index is 635. The Hall–Kier alpha value is -2.10. The smallest absolute Gasteiger partial charge is 0.165 e. The van der Waals surface area contributed by atoms with E-state index in [0.717, 1.165) is 44.3 Å². The predicted molar refractivity (Wildman–Crippen MR) is 86.3 cm³/mol. The maximum absolute atomic E-state index is 12.0. The summed E-state index contributed by atoms with van der Waals surface area (Å²) in [7, 11) is 0. The van der Waals surface area contributed by atoms with Gasteiger partial charge in [0, 0.05) is 48.1 Å². The molecule has 0 radical (unpaired) electrons. The Morgan fingerprint density at radius 1 is 1.09 bits per heavy atom. The van der Waals surface area contributed by atoms with Crippen LogP contribution < -0.4 is 4.90 Å². The van der Waals surface area contributed by atoms with Gasteiger partial charge >= 0.3 is 0 Å². The first-order valence-electron chi connectivity index (χ1n) is 8.19. The third-order valence-electron chi connectivity index (χ3n) is 4.92. The number of hydrogen-bond donors (Lipinski definition) is 1. The summed E-state index contributed by atoms with van der Waals surface area (Å²) in [5.74, 6) is 1.22. The summed E-state index contributed by atoms with van der Waals surface area (Å²) in [6.07, 6.45) is 8.13. The second-order valence-corrected chi connectivity index (χ2v) is 6.45. The summed E-state index contributed by atoms with van der Waals surface area (Å²) < 4.78 is 0. The Kier molecular flexibility index (Phi) is 3.45. The van der Waals surface area contributed by atoms with Gasteiger partial charge in [-0.2, -0.15) is 0 Å². The number of rotatable bonds is 4. The maximum Gasteiger partial charge on any atom is 0.165 e. The van der Waals surface area contributed by atoms with Crippen LogP contribution in [0.2, 0.25) is 0 Å². The van der Waals surface area contributed by atoms with E-state index in [1.54, 1.807) is 6.33 Å². The zero-order valence-corrected chi connectivity index (χ0v) is 12.7. The van der Waals surface area contributed by atoms with Crippen molar-refractivity contribution in [3.05, 3.63) is 48.0 Å². The van der Waals surface area contributed by atoms with Crippen molar-refractivity contribution in [1.29, 1.82) is 0 Å². The van der Waals surface area contributed by atoms with E-state index >= 15 is 0 Å². The number of aromatic amines is 1. The number of nitrogens with zero attached hydrogens (tertiary/aromatic N) is 2. The van der Waals surface area contributed by atoms with Gasteiger partial charge in [-0.25, -0.2) is 4.98 Å². The number of H-pyrrole nitrogens is 1. The molecule has 0 atom stereocenters. The molecule has 0 spiro atoms. The summed E-state index contributed by atoms with van der Waals surface area (Å²) in [6.45, 7) is 2.11. The van der Waals surface area contributed by atoms with E-state index in [4.69, 9.17) is 0 Å². The molecule has 4 rings (SSSR count). The Balaban J connectivity index is 1.39. The molecule has 1 saturated heterocycles. The van der Waals surface area contributed by atoms with E-state index in [1.807, 2.05) is 18.3 Å². The topological polar surface area (TPSA) is 49.0 Å². The first-order chi connectivity index (χ1) is 10.8. The largest absolute Gasteiger partial charge is 0.371 e. The molecular formula is C18H21N3O. The highest BCUT2D eigenvalue weighted by atomic mass is 16.1. The lowest BCUT2D eigenvalue weighted by molar-refractivity contribution is 0.0967. The SMILES string of the molecule is O=C(c1ccc(N2CCC(c3cnc[nH]3)CC2)cc1)C1CC1. The Morgan fingerprint density at radius 3 is 2.41 bits per heavy atom. The highest BCUT2D eigenvalue weighted by Gasteiger charge is 2.30. The van der Waals surface area contributed by atoms with Crippen molar-refractivity contribution in [2.24, 2.45) is 5.92 Å². The van der Waals surface area contributed by atoms with E-state index in [1.165, 1.54) is 11.4 Å². The summed E-state index contributed by atoms with van der Waals surface area (Å²) in [5.41, 5.74) is 3.36. The van der Waals surface area contributed by atoms with Crippen LogP contribution in [0.25, 0.3) is 0 Å². The highest BCUT2D eigenvalue weighted by Crippen LogP contribution is 2.33. The molecule has 0 bridgehead atoms. The minimum Gasteiger partial charge on any atom is -0.371 e. The number of carbonyl (C=O) groups excluding carboxylic acids is 1. The fourth-order valence-electron chi connectivity index (χ4n) is 3.36. The molecular weight excluding hydrogens is 274 g/mol. The monoisotopic (exact) mass is 295 g/mol. The molecule has 4 heteroatoms. The Morgan fingerprint density at radius 2 is 1.82 bits per heavy atom. The summed E-state index contributed by atoms with van der Waals surface area (Å²) in [4.78, 5) is 21.8. The number of benzene rings is 1. The lowest BCUT2D eigenvalue weighted by Gasteiger charge is -2.33. The van der Waals surface area contributed by atoms with Crippen molar-refractivity contribution in [1.82, 2.24) is 9.97 Å². The van der Waals surface area contributed by atoms with Crippen LogP contribution in [0.1, 0.15) is 47.7 Å². The minimum atomic E-state index is 0.302. The molecule has 1 aliphatic carbocycles. The predicted octanol–water partition coefficient (Wildman–Crippen LogP) is 3.39. The van der Waals surface area contributed by atoms with E-state index in [9.17, 15) is 4.79 Å². The number of ketones is 1. The van der Waals surface area contributed by atoms with Crippen LogP contribution in [0.3, 0.4) is 0 Å². The number of hydrogen-bond acceptors (Lipinski definition) is 3. The molecule has 2 fully saturated rings. The molecule has 1 aliphatic heterocycles. The molecule has 22 heavy (non-hydrogen) atoms. The maximum atomic E-state index is 12.0. The summed E-state index contributed by atoms with van der Waals surface area (Å²) >= 11 is 0. The van der Waals surface area contributed by atoms with Crippen LogP contribution in [0, 0.1) is 5.92 Å². The van der Waals surface area contributed by atoms with Crippen LogP contribution in [0.4, 0.5) is 5.69 Å². The third-order valence-corrected chi connectivity index (χ3v) is 4.92.